The summed E-state index contributed by atoms with van der Waals surface area (Å²) in [5.41, 5.74) is 5.58. The van der Waals surface area contributed by atoms with Gasteiger partial charge in [-0.05, 0) is 91.4 Å². The van der Waals surface area contributed by atoms with Gasteiger partial charge in [-0.25, -0.2) is 9.37 Å². The molecule has 1 spiro atoms. The Morgan fingerprint density at radius 3 is 2.53 bits per heavy atom. The standard InChI is InChI=1S/C42H38ClFN4O4S/c1-2-26-20-32(39(45-23-26)47-24-42(25-47)15-18-52-19-16-42)40(50)46-29-12-10-27(11-13-29)41(51)48-17-14-28-21-37(53-38(28)30-6-3-4-9-35(30)48)36(49)22-31-33(43)7-5-8-34(31)44/h3-13,20-21,23H,2,14-19,22,24-25H2,1H3,(H,46,50). The summed E-state index contributed by atoms with van der Waals surface area (Å²) in [6.07, 6.45) is 5.07. The summed E-state index contributed by atoms with van der Waals surface area (Å²) in [6, 6.07) is 22.8. The van der Waals surface area contributed by atoms with Crippen LogP contribution in [0.3, 0.4) is 0 Å². The van der Waals surface area contributed by atoms with Crippen molar-refractivity contribution in [2.24, 2.45) is 5.41 Å². The number of pyridine rings is 1. The molecule has 0 radical (unpaired) electrons. The van der Waals surface area contributed by atoms with Crippen molar-refractivity contribution in [1.29, 1.82) is 0 Å². The molecule has 2 saturated heterocycles. The van der Waals surface area contributed by atoms with Crippen molar-refractivity contribution < 1.29 is 23.5 Å². The fraction of sp³-hybridized carbons (Fsp3) is 0.286. The first-order valence-corrected chi connectivity index (χ1v) is 19.1. The van der Waals surface area contributed by atoms with Crippen molar-refractivity contribution in [3.63, 3.8) is 0 Å². The Morgan fingerprint density at radius 2 is 1.77 bits per heavy atom. The first kappa shape index (κ1) is 35.1. The summed E-state index contributed by atoms with van der Waals surface area (Å²) >= 11 is 7.56. The highest BCUT2D eigenvalue weighted by atomic mass is 35.5. The van der Waals surface area contributed by atoms with E-state index in [0.717, 1.165) is 72.8 Å². The predicted molar refractivity (Wildman–Crippen MR) is 207 cm³/mol. The van der Waals surface area contributed by atoms with Gasteiger partial charge in [0.05, 0.1) is 16.1 Å². The number of hydrogen-bond donors (Lipinski definition) is 1. The van der Waals surface area contributed by atoms with E-state index in [2.05, 4.69) is 10.2 Å². The number of thiophene rings is 1. The van der Waals surface area contributed by atoms with Gasteiger partial charge in [-0.2, -0.15) is 0 Å². The van der Waals surface area contributed by atoms with Crippen LogP contribution in [0.15, 0.2) is 85.1 Å². The average Bonchev–Trinajstić information content (AvgIpc) is 3.53. The molecule has 0 unspecified atom stereocenters. The van der Waals surface area contributed by atoms with E-state index < -0.39 is 5.82 Å². The highest BCUT2D eigenvalue weighted by Crippen LogP contribution is 2.44. The van der Waals surface area contributed by atoms with Crippen LogP contribution in [0, 0.1) is 11.2 Å². The molecule has 5 aromatic rings. The van der Waals surface area contributed by atoms with Gasteiger partial charge in [-0.1, -0.05) is 42.8 Å². The molecule has 2 amide bonds. The minimum absolute atomic E-state index is 0.133. The Kier molecular flexibility index (Phi) is 9.61. The van der Waals surface area contributed by atoms with Crippen LogP contribution >= 0.6 is 22.9 Å². The van der Waals surface area contributed by atoms with Crippen molar-refractivity contribution in [2.45, 2.75) is 39.0 Å². The smallest absolute Gasteiger partial charge is 0.259 e. The number of amides is 2. The quantitative estimate of drug-likeness (QED) is 0.160. The summed E-state index contributed by atoms with van der Waals surface area (Å²) in [7, 11) is 0. The first-order chi connectivity index (χ1) is 25.7. The summed E-state index contributed by atoms with van der Waals surface area (Å²) in [5, 5.41) is 3.26. The fourth-order valence-corrected chi connectivity index (χ4v) is 9.00. The van der Waals surface area contributed by atoms with Crippen molar-refractivity contribution in [3.05, 3.63) is 129 Å². The fourth-order valence-electron chi connectivity index (χ4n) is 7.59. The summed E-state index contributed by atoms with van der Waals surface area (Å²) in [6.45, 7) is 5.73. The molecule has 2 fully saturated rings. The van der Waals surface area contributed by atoms with Gasteiger partial charge >= 0.3 is 0 Å². The lowest BCUT2D eigenvalue weighted by Crippen LogP contribution is -2.59. The third-order valence-electron chi connectivity index (χ3n) is 10.6. The number of nitrogens with one attached hydrogen (secondary N) is 1. The molecule has 5 heterocycles. The van der Waals surface area contributed by atoms with Crippen LogP contribution in [0.4, 0.5) is 21.6 Å². The number of carbonyl (C=O) groups excluding carboxylic acids is 3. The molecular weight excluding hydrogens is 711 g/mol. The number of hydrogen-bond acceptors (Lipinski definition) is 7. The van der Waals surface area contributed by atoms with Gasteiger partial charge in [0.25, 0.3) is 11.8 Å². The molecule has 0 saturated carbocycles. The third-order valence-corrected chi connectivity index (χ3v) is 12.2. The molecule has 270 valence electrons. The van der Waals surface area contributed by atoms with Crippen molar-refractivity contribution in [2.75, 3.05) is 48.0 Å². The number of fused-ring (bicyclic) bond motifs is 3. The molecule has 3 aliphatic heterocycles. The Bertz CT molecular complexity index is 2200. The highest BCUT2D eigenvalue weighted by molar-refractivity contribution is 7.17. The number of aryl methyl sites for hydroxylation is 1. The van der Waals surface area contributed by atoms with Crippen molar-refractivity contribution >= 4 is 57.7 Å². The largest absolute Gasteiger partial charge is 0.381 e. The lowest BCUT2D eigenvalue weighted by molar-refractivity contribution is -0.000511. The van der Waals surface area contributed by atoms with Crippen LogP contribution in [0.1, 0.15) is 66.8 Å². The Balaban J connectivity index is 0.981. The van der Waals surface area contributed by atoms with E-state index in [-0.39, 0.29) is 40.0 Å². The molecule has 0 bridgehead atoms. The highest BCUT2D eigenvalue weighted by Gasteiger charge is 2.45. The molecule has 1 N–H and O–H groups in total. The Labute approximate surface area is 316 Å². The van der Waals surface area contributed by atoms with E-state index in [4.69, 9.17) is 21.3 Å². The molecule has 8 rings (SSSR count). The van der Waals surface area contributed by atoms with Gasteiger partial charge in [0.1, 0.15) is 11.6 Å². The van der Waals surface area contributed by atoms with Gasteiger partial charge in [0, 0.05) is 83.2 Å². The normalized spacial score (nSPS) is 16.0. The number of anilines is 3. The Hall–Kier alpha value is -4.90. The van der Waals surface area contributed by atoms with Crippen molar-refractivity contribution in [3.8, 4) is 10.4 Å². The molecular formula is C42H38ClFN4O4S. The van der Waals surface area contributed by atoms with Crippen LogP contribution in [0.2, 0.25) is 5.02 Å². The number of ketones is 1. The summed E-state index contributed by atoms with van der Waals surface area (Å²) in [4.78, 5) is 51.2. The molecule has 53 heavy (non-hydrogen) atoms. The van der Waals surface area contributed by atoms with Gasteiger partial charge in [-0.3, -0.25) is 14.4 Å². The van der Waals surface area contributed by atoms with Crippen LogP contribution < -0.4 is 15.1 Å². The Morgan fingerprint density at radius 1 is 1.00 bits per heavy atom. The van der Waals surface area contributed by atoms with Gasteiger partial charge in [0.2, 0.25) is 0 Å². The number of rotatable bonds is 8. The maximum absolute atomic E-state index is 14.4. The molecule has 3 aromatic carbocycles. The number of halogens is 2. The minimum Gasteiger partial charge on any atom is -0.381 e. The molecule has 2 aromatic heterocycles. The second-order valence-corrected chi connectivity index (χ2v) is 15.5. The molecule has 0 atom stereocenters. The predicted octanol–water partition coefficient (Wildman–Crippen LogP) is 8.66. The van der Waals surface area contributed by atoms with E-state index in [0.29, 0.717) is 40.5 Å². The maximum atomic E-state index is 14.4. The zero-order chi connectivity index (χ0) is 36.7. The molecule has 3 aliphatic rings. The number of nitrogens with zero attached hydrogens (tertiary/aromatic N) is 3. The van der Waals surface area contributed by atoms with Crippen LogP contribution in [0.5, 0.6) is 0 Å². The lowest BCUT2D eigenvalue weighted by Gasteiger charge is -2.53. The second-order valence-electron chi connectivity index (χ2n) is 14.1. The lowest BCUT2D eigenvalue weighted by atomic mass is 9.73. The van der Waals surface area contributed by atoms with Crippen LogP contribution in [0.25, 0.3) is 10.4 Å². The molecule has 8 nitrogen and oxygen atoms in total. The summed E-state index contributed by atoms with van der Waals surface area (Å²) < 4.78 is 20.0. The molecule has 11 heteroatoms. The maximum Gasteiger partial charge on any atom is 0.259 e. The SMILES string of the molecule is CCc1cnc(N2CC3(CCOCC3)C2)c(C(=O)Nc2ccc(C(=O)N3CCc4cc(C(=O)Cc5c(F)cccc5Cl)sc4-c4ccccc43)cc2)c1. The zero-order valence-electron chi connectivity index (χ0n) is 29.3. The number of para-hydroxylation sites is 1. The van der Waals surface area contributed by atoms with E-state index in [1.807, 2.05) is 49.5 Å². The van der Waals surface area contributed by atoms with E-state index in [1.165, 1.54) is 23.5 Å². The third kappa shape index (κ3) is 6.87. The number of ether oxygens (including phenoxy) is 1. The van der Waals surface area contributed by atoms with Gasteiger partial charge < -0.3 is 19.9 Å². The van der Waals surface area contributed by atoms with E-state index >= 15 is 0 Å². The monoisotopic (exact) mass is 748 g/mol. The number of aromatic nitrogens is 1. The number of benzene rings is 3. The minimum atomic E-state index is -0.502. The summed E-state index contributed by atoms with van der Waals surface area (Å²) in [5.74, 6) is -0.418. The topological polar surface area (TPSA) is 91.8 Å². The van der Waals surface area contributed by atoms with E-state index in [1.54, 1.807) is 35.2 Å². The van der Waals surface area contributed by atoms with Gasteiger partial charge in [-0.15, -0.1) is 11.3 Å². The van der Waals surface area contributed by atoms with Crippen LogP contribution in [-0.2, 0) is 24.0 Å². The van der Waals surface area contributed by atoms with Gasteiger partial charge in [0.15, 0.2) is 5.78 Å². The van der Waals surface area contributed by atoms with Crippen LogP contribution in [-0.4, -0.2) is 55.4 Å². The van der Waals surface area contributed by atoms with Crippen molar-refractivity contribution in [1.82, 2.24) is 4.98 Å². The average molecular weight is 749 g/mol. The van der Waals surface area contributed by atoms with E-state index in [9.17, 15) is 18.8 Å². The molecule has 0 aliphatic carbocycles. The second kappa shape index (κ2) is 14.5. The number of Topliss-reactive ketones (excluding diaryl/α,β-unsaturated/α-hetero) is 1. The number of carbonyl (C=O) groups is 3. The zero-order valence-corrected chi connectivity index (χ0v) is 30.9. The first-order valence-electron chi connectivity index (χ1n) is 17.9.